The van der Waals surface area contributed by atoms with Crippen molar-refractivity contribution in [1.29, 1.82) is 0 Å². The van der Waals surface area contributed by atoms with Crippen LogP contribution in [0.25, 0.3) is 22.4 Å². The number of pyridine rings is 2. The predicted octanol–water partition coefficient (Wildman–Crippen LogP) is 4.05. The maximum absolute atomic E-state index is 6.10. The summed E-state index contributed by atoms with van der Waals surface area (Å²) in [6.45, 7) is 6.59. The van der Waals surface area contributed by atoms with Gasteiger partial charge in [-0.15, -0.1) is 0 Å². The standard InChI is InChI=1S/C22H27N5O/c1-16-11-17(14-23-13-16)18-12-20-21(24-15-18)25-22(28-20)27-9-5-19(6-10-27)26-7-3-2-4-8-26/h11-15,19H,2-10H2,1H3. The van der Waals surface area contributed by atoms with Crippen molar-refractivity contribution in [2.24, 2.45) is 0 Å². The van der Waals surface area contributed by atoms with E-state index in [-0.39, 0.29) is 0 Å². The van der Waals surface area contributed by atoms with Crippen molar-refractivity contribution >= 4 is 17.2 Å². The number of hydrogen-bond acceptors (Lipinski definition) is 6. The molecule has 0 bridgehead atoms. The van der Waals surface area contributed by atoms with Crippen LogP contribution in [0.15, 0.2) is 35.1 Å². The van der Waals surface area contributed by atoms with Crippen molar-refractivity contribution < 1.29 is 4.42 Å². The van der Waals surface area contributed by atoms with Gasteiger partial charge in [0.25, 0.3) is 6.01 Å². The molecule has 146 valence electrons. The fraction of sp³-hybridized carbons (Fsp3) is 0.500. The van der Waals surface area contributed by atoms with Gasteiger partial charge in [-0.3, -0.25) is 4.98 Å². The molecule has 5 rings (SSSR count). The van der Waals surface area contributed by atoms with E-state index in [1.54, 1.807) is 0 Å². The van der Waals surface area contributed by atoms with Crippen LogP contribution in [0.1, 0.15) is 37.7 Å². The van der Waals surface area contributed by atoms with Crippen LogP contribution in [0.3, 0.4) is 0 Å². The van der Waals surface area contributed by atoms with Crippen molar-refractivity contribution in [3.05, 3.63) is 36.3 Å². The molecule has 0 radical (unpaired) electrons. The Bertz CT molecular complexity index is 954. The molecule has 6 heteroatoms. The highest BCUT2D eigenvalue weighted by Crippen LogP contribution is 2.29. The van der Waals surface area contributed by atoms with Crippen LogP contribution in [-0.4, -0.2) is 52.1 Å². The molecule has 2 aliphatic heterocycles. The van der Waals surface area contributed by atoms with Gasteiger partial charge < -0.3 is 14.2 Å². The lowest BCUT2D eigenvalue weighted by molar-refractivity contribution is 0.140. The first kappa shape index (κ1) is 17.6. The van der Waals surface area contributed by atoms with Crippen LogP contribution in [0, 0.1) is 6.92 Å². The van der Waals surface area contributed by atoms with Gasteiger partial charge in [0.1, 0.15) is 0 Å². The molecule has 0 spiro atoms. The minimum Gasteiger partial charge on any atom is -0.422 e. The van der Waals surface area contributed by atoms with Gasteiger partial charge in [0, 0.05) is 48.8 Å². The number of aromatic nitrogens is 3. The molecule has 6 nitrogen and oxygen atoms in total. The largest absolute Gasteiger partial charge is 0.422 e. The minimum absolute atomic E-state index is 0.678. The van der Waals surface area contributed by atoms with E-state index in [0.29, 0.717) is 11.7 Å². The number of piperidine rings is 2. The number of fused-ring (bicyclic) bond motifs is 1. The van der Waals surface area contributed by atoms with Gasteiger partial charge in [0.15, 0.2) is 5.58 Å². The third kappa shape index (κ3) is 3.49. The van der Waals surface area contributed by atoms with E-state index in [4.69, 9.17) is 4.42 Å². The first-order chi connectivity index (χ1) is 13.8. The summed E-state index contributed by atoms with van der Waals surface area (Å²) in [5.74, 6) is 0. The summed E-state index contributed by atoms with van der Waals surface area (Å²) in [5.41, 5.74) is 4.61. The Morgan fingerprint density at radius 3 is 2.50 bits per heavy atom. The highest BCUT2D eigenvalue weighted by atomic mass is 16.4. The molecule has 2 saturated heterocycles. The van der Waals surface area contributed by atoms with Crippen LogP contribution in [0.5, 0.6) is 0 Å². The monoisotopic (exact) mass is 377 g/mol. The Kier molecular flexibility index (Phi) is 4.72. The lowest BCUT2D eigenvalue weighted by Crippen LogP contribution is -2.46. The maximum Gasteiger partial charge on any atom is 0.299 e. The summed E-state index contributed by atoms with van der Waals surface area (Å²) in [7, 11) is 0. The van der Waals surface area contributed by atoms with Crippen LogP contribution >= 0.6 is 0 Å². The first-order valence-corrected chi connectivity index (χ1v) is 10.4. The summed E-state index contributed by atoms with van der Waals surface area (Å²) in [6, 6.07) is 5.56. The average molecular weight is 377 g/mol. The van der Waals surface area contributed by atoms with E-state index in [1.807, 2.05) is 31.6 Å². The van der Waals surface area contributed by atoms with Gasteiger partial charge in [-0.05, 0) is 63.4 Å². The van der Waals surface area contributed by atoms with Crippen molar-refractivity contribution in [2.45, 2.75) is 45.1 Å². The van der Waals surface area contributed by atoms with E-state index < -0.39 is 0 Å². The van der Waals surface area contributed by atoms with Crippen molar-refractivity contribution in [2.75, 3.05) is 31.1 Å². The molecule has 3 aromatic heterocycles. The molecule has 3 aromatic rings. The Morgan fingerprint density at radius 2 is 1.71 bits per heavy atom. The van der Waals surface area contributed by atoms with E-state index in [0.717, 1.165) is 41.4 Å². The average Bonchev–Trinajstić information content (AvgIpc) is 3.18. The summed E-state index contributed by atoms with van der Waals surface area (Å²) in [5, 5.41) is 0. The Balaban J connectivity index is 1.31. The van der Waals surface area contributed by atoms with Gasteiger partial charge in [-0.25, -0.2) is 4.98 Å². The Labute approximate surface area is 165 Å². The molecule has 0 saturated carbocycles. The smallest absolute Gasteiger partial charge is 0.299 e. The van der Waals surface area contributed by atoms with E-state index in [1.165, 1.54) is 45.2 Å². The second-order valence-corrected chi connectivity index (χ2v) is 8.11. The fourth-order valence-electron chi connectivity index (χ4n) is 4.52. The van der Waals surface area contributed by atoms with Crippen LogP contribution in [0.4, 0.5) is 6.01 Å². The lowest BCUT2D eigenvalue weighted by Gasteiger charge is -2.39. The summed E-state index contributed by atoms with van der Waals surface area (Å²) in [4.78, 5) is 18.4. The topological polar surface area (TPSA) is 58.3 Å². The zero-order valence-electron chi connectivity index (χ0n) is 16.5. The van der Waals surface area contributed by atoms with Crippen LogP contribution < -0.4 is 4.90 Å². The number of rotatable bonds is 3. The number of nitrogens with zero attached hydrogens (tertiary/aromatic N) is 5. The SMILES string of the molecule is Cc1cncc(-c2cnc3nc(N4CCC(N5CCCCC5)CC4)oc3c2)c1. The molecular weight excluding hydrogens is 350 g/mol. The van der Waals surface area contributed by atoms with E-state index >= 15 is 0 Å². The normalized spacial score (nSPS) is 19.4. The maximum atomic E-state index is 6.10. The van der Waals surface area contributed by atoms with Gasteiger partial charge in [-0.2, -0.15) is 4.98 Å². The molecule has 2 fully saturated rings. The third-order valence-electron chi connectivity index (χ3n) is 6.09. The molecule has 0 amide bonds. The quantitative estimate of drug-likeness (QED) is 0.686. The van der Waals surface area contributed by atoms with E-state index in [9.17, 15) is 0 Å². The predicted molar refractivity (Wildman–Crippen MR) is 110 cm³/mol. The molecule has 5 heterocycles. The number of hydrogen-bond donors (Lipinski definition) is 0. The summed E-state index contributed by atoms with van der Waals surface area (Å²) in [6.07, 6.45) is 12.1. The molecule has 0 unspecified atom stereocenters. The molecule has 0 N–H and O–H groups in total. The molecule has 2 aliphatic rings. The van der Waals surface area contributed by atoms with E-state index in [2.05, 4.69) is 30.8 Å². The van der Waals surface area contributed by atoms with Crippen molar-refractivity contribution in [3.8, 4) is 11.1 Å². The molecular formula is C22H27N5O. The molecule has 0 aromatic carbocycles. The highest BCUT2D eigenvalue weighted by molar-refractivity contribution is 5.77. The number of anilines is 1. The number of aryl methyl sites for hydroxylation is 1. The fourth-order valence-corrected chi connectivity index (χ4v) is 4.52. The van der Waals surface area contributed by atoms with Crippen LogP contribution in [0.2, 0.25) is 0 Å². The molecule has 0 atom stereocenters. The van der Waals surface area contributed by atoms with Crippen molar-refractivity contribution in [3.63, 3.8) is 0 Å². The van der Waals surface area contributed by atoms with Crippen molar-refractivity contribution in [1.82, 2.24) is 19.9 Å². The minimum atomic E-state index is 0.678. The zero-order valence-corrected chi connectivity index (χ0v) is 16.5. The molecule has 28 heavy (non-hydrogen) atoms. The van der Waals surface area contributed by atoms with Gasteiger partial charge in [-0.1, -0.05) is 6.42 Å². The zero-order chi connectivity index (χ0) is 18.9. The van der Waals surface area contributed by atoms with Gasteiger partial charge in [0.05, 0.1) is 0 Å². The van der Waals surface area contributed by atoms with Gasteiger partial charge in [0.2, 0.25) is 5.65 Å². The van der Waals surface area contributed by atoms with Crippen LogP contribution in [-0.2, 0) is 0 Å². The number of oxazole rings is 1. The second kappa shape index (κ2) is 7.51. The number of likely N-dealkylation sites (tertiary alicyclic amines) is 1. The summed E-state index contributed by atoms with van der Waals surface area (Å²) < 4.78 is 6.10. The first-order valence-electron chi connectivity index (χ1n) is 10.4. The lowest BCUT2D eigenvalue weighted by atomic mass is 10.0. The molecule has 0 aliphatic carbocycles. The Morgan fingerprint density at radius 1 is 0.929 bits per heavy atom. The third-order valence-corrected chi connectivity index (χ3v) is 6.09. The second-order valence-electron chi connectivity index (χ2n) is 8.11. The Hall–Kier alpha value is -2.47. The highest BCUT2D eigenvalue weighted by Gasteiger charge is 2.27. The van der Waals surface area contributed by atoms with Gasteiger partial charge >= 0.3 is 0 Å². The summed E-state index contributed by atoms with van der Waals surface area (Å²) >= 11 is 0.